The number of rotatable bonds is 7. The number of ether oxygens (including phenoxy) is 2. The van der Waals surface area contributed by atoms with Crippen LogP contribution in [0.4, 0.5) is 0 Å². The van der Waals surface area contributed by atoms with Gasteiger partial charge in [0, 0.05) is 18.4 Å². The summed E-state index contributed by atoms with van der Waals surface area (Å²) >= 11 is 11.8. The molecule has 0 amide bonds. The van der Waals surface area contributed by atoms with Crippen LogP contribution in [0.2, 0.25) is 10.0 Å². The first kappa shape index (κ1) is 16.8. The zero-order valence-electron chi connectivity index (χ0n) is 11.2. The van der Waals surface area contributed by atoms with Crippen molar-refractivity contribution in [3.8, 4) is 0 Å². The number of halogens is 2. The fourth-order valence-electron chi connectivity index (χ4n) is 1.50. The van der Waals surface area contributed by atoms with E-state index >= 15 is 0 Å². The summed E-state index contributed by atoms with van der Waals surface area (Å²) < 4.78 is 9.83. The van der Waals surface area contributed by atoms with Crippen molar-refractivity contribution in [1.29, 1.82) is 0 Å². The van der Waals surface area contributed by atoms with Crippen molar-refractivity contribution < 1.29 is 19.1 Å². The zero-order valence-corrected chi connectivity index (χ0v) is 12.7. The van der Waals surface area contributed by atoms with Gasteiger partial charge in [0.2, 0.25) is 0 Å². The second-order valence-electron chi connectivity index (χ2n) is 4.03. The molecule has 1 aromatic rings. The molecule has 0 fully saturated rings. The van der Waals surface area contributed by atoms with E-state index < -0.39 is 0 Å². The van der Waals surface area contributed by atoms with Crippen LogP contribution in [0, 0.1) is 0 Å². The van der Waals surface area contributed by atoms with Gasteiger partial charge in [-0.2, -0.15) is 0 Å². The van der Waals surface area contributed by atoms with Crippen LogP contribution in [0.1, 0.15) is 31.7 Å². The molecule has 0 atom stereocenters. The first-order valence-electron chi connectivity index (χ1n) is 6.28. The number of hydrogen-bond donors (Lipinski definition) is 0. The summed E-state index contributed by atoms with van der Waals surface area (Å²) in [7, 11) is 0. The minimum absolute atomic E-state index is 0.0671. The van der Waals surface area contributed by atoms with Gasteiger partial charge in [-0.25, -0.2) is 0 Å². The molecule has 0 aromatic heterocycles. The summed E-state index contributed by atoms with van der Waals surface area (Å²) in [5.74, 6) is -0.691. The van der Waals surface area contributed by atoms with E-state index in [0.29, 0.717) is 28.6 Å². The molecule has 0 unspecified atom stereocenters. The van der Waals surface area contributed by atoms with Gasteiger partial charge in [-0.15, -0.1) is 0 Å². The standard InChI is InChI=1S/C14H16Cl2O4/c1-2-19-12(17)7-4-8-13(18)20-9-10-5-3-6-11(15)14(10)16/h3,5-6H,2,4,7-9H2,1H3. The molecule has 0 heterocycles. The molecule has 1 rings (SSSR count). The Labute approximate surface area is 128 Å². The van der Waals surface area contributed by atoms with Crippen molar-refractivity contribution in [2.24, 2.45) is 0 Å². The van der Waals surface area contributed by atoms with Crippen molar-refractivity contribution in [3.05, 3.63) is 33.8 Å². The van der Waals surface area contributed by atoms with E-state index in [1.54, 1.807) is 25.1 Å². The van der Waals surface area contributed by atoms with E-state index in [9.17, 15) is 9.59 Å². The lowest BCUT2D eigenvalue weighted by atomic mass is 10.2. The monoisotopic (exact) mass is 318 g/mol. The van der Waals surface area contributed by atoms with E-state index in [2.05, 4.69) is 0 Å². The second kappa shape index (κ2) is 8.82. The predicted octanol–water partition coefficient (Wildman–Crippen LogP) is 3.77. The van der Waals surface area contributed by atoms with Gasteiger partial charge in [0.1, 0.15) is 6.61 Å². The third-order valence-corrected chi connectivity index (χ3v) is 3.35. The summed E-state index contributed by atoms with van der Waals surface area (Å²) in [5.41, 5.74) is 0.651. The Hall–Kier alpha value is -1.26. The normalized spacial score (nSPS) is 10.2. The third kappa shape index (κ3) is 5.80. The Balaban J connectivity index is 2.30. The quantitative estimate of drug-likeness (QED) is 0.718. The van der Waals surface area contributed by atoms with Gasteiger partial charge in [0.05, 0.1) is 16.7 Å². The average Bonchev–Trinajstić information content (AvgIpc) is 2.41. The molecule has 6 heteroatoms. The Kier molecular flexibility index (Phi) is 7.41. The molecule has 20 heavy (non-hydrogen) atoms. The molecule has 0 radical (unpaired) electrons. The summed E-state index contributed by atoms with van der Waals surface area (Å²) in [6, 6.07) is 5.13. The van der Waals surface area contributed by atoms with Crippen LogP contribution >= 0.6 is 23.2 Å². The molecule has 0 bridgehead atoms. The Morgan fingerprint density at radius 2 is 1.75 bits per heavy atom. The molecule has 0 aliphatic heterocycles. The molecule has 4 nitrogen and oxygen atoms in total. The van der Waals surface area contributed by atoms with Crippen molar-refractivity contribution in [1.82, 2.24) is 0 Å². The fraction of sp³-hybridized carbons (Fsp3) is 0.429. The van der Waals surface area contributed by atoms with Crippen molar-refractivity contribution in [2.75, 3.05) is 6.61 Å². The van der Waals surface area contributed by atoms with E-state index in [0.717, 1.165) is 0 Å². The molecular formula is C14H16Cl2O4. The molecule has 1 aromatic carbocycles. The van der Waals surface area contributed by atoms with Crippen LogP contribution in [-0.4, -0.2) is 18.5 Å². The van der Waals surface area contributed by atoms with Crippen LogP contribution in [-0.2, 0) is 25.7 Å². The lowest BCUT2D eigenvalue weighted by molar-refractivity contribution is -0.146. The number of esters is 2. The largest absolute Gasteiger partial charge is 0.466 e. The topological polar surface area (TPSA) is 52.6 Å². The highest BCUT2D eigenvalue weighted by Crippen LogP contribution is 2.26. The number of carbonyl (C=O) groups is 2. The maximum atomic E-state index is 11.5. The maximum Gasteiger partial charge on any atom is 0.306 e. The van der Waals surface area contributed by atoms with Gasteiger partial charge in [0.25, 0.3) is 0 Å². The fourth-order valence-corrected chi connectivity index (χ4v) is 1.88. The summed E-state index contributed by atoms with van der Waals surface area (Å²) in [4.78, 5) is 22.6. The van der Waals surface area contributed by atoms with Gasteiger partial charge in [-0.05, 0) is 19.4 Å². The van der Waals surface area contributed by atoms with Crippen LogP contribution in [0.15, 0.2) is 18.2 Å². The Morgan fingerprint density at radius 1 is 1.10 bits per heavy atom. The van der Waals surface area contributed by atoms with Gasteiger partial charge in [-0.1, -0.05) is 35.3 Å². The molecule has 110 valence electrons. The Bertz CT molecular complexity index is 474. The number of benzene rings is 1. The minimum Gasteiger partial charge on any atom is -0.466 e. The molecule has 0 saturated heterocycles. The lowest BCUT2D eigenvalue weighted by Gasteiger charge is -2.07. The van der Waals surface area contributed by atoms with Crippen LogP contribution in [0.3, 0.4) is 0 Å². The average molecular weight is 319 g/mol. The zero-order chi connectivity index (χ0) is 15.0. The first-order chi connectivity index (χ1) is 9.54. The molecule has 0 aliphatic carbocycles. The maximum absolute atomic E-state index is 11.5. The highest BCUT2D eigenvalue weighted by molar-refractivity contribution is 6.42. The smallest absolute Gasteiger partial charge is 0.306 e. The van der Waals surface area contributed by atoms with Crippen molar-refractivity contribution in [2.45, 2.75) is 32.8 Å². The third-order valence-electron chi connectivity index (χ3n) is 2.49. The van der Waals surface area contributed by atoms with Crippen molar-refractivity contribution >= 4 is 35.1 Å². The molecular weight excluding hydrogens is 303 g/mol. The summed E-state index contributed by atoms with van der Waals surface area (Å²) in [5, 5.41) is 0.802. The van der Waals surface area contributed by atoms with Crippen LogP contribution in [0.25, 0.3) is 0 Å². The summed E-state index contributed by atoms with van der Waals surface area (Å²) in [6.07, 6.45) is 0.777. The molecule has 0 aliphatic rings. The van der Waals surface area contributed by atoms with E-state index in [1.165, 1.54) is 0 Å². The highest BCUT2D eigenvalue weighted by Gasteiger charge is 2.09. The highest BCUT2D eigenvalue weighted by atomic mass is 35.5. The van der Waals surface area contributed by atoms with Gasteiger partial charge < -0.3 is 9.47 Å². The molecule has 0 spiro atoms. The first-order valence-corrected chi connectivity index (χ1v) is 7.04. The van der Waals surface area contributed by atoms with Gasteiger partial charge in [0.15, 0.2) is 0 Å². The van der Waals surface area contributed by atoms with E-state index in [4.69, 9.17) is 32.7 Å². The molecule has 0 saturated carbocycles. The molecule has 0 N–H and O–H groups in total. The number of carbonyl (C=O) groups excluding carboxylic acids is 2. The second-order valence-corrected chi connectivity index (χ2v) is 4.82. The van der Waals surface area contributed by atoms with E-state index in [1.807, 2.05) is 0 Å². The van der Waals surface area contributed by atoms with Gasteiger partial charge in [-0.3, -0.25) is 9.59 Å². The van der Waals surface area contributed by atoms with Crippen molar-refractivity contribution in [3.63, 3.8) is 0 Å². The lowest BCUT2D eigenvalue weighted by Crippen LogP contribution is -2.08. The van der Waals surface area contributed by atoms with E-state index in [-0.39, 0.29) is 31.4 Å². The van der Waals surface area contributed by atoms with Crippen LogP contribution in [0.5, 0.6) is 0 Å². The van der Waals surface area contributed by atoms with Gasteiger partial charge >= 0.3 is 11.9 Å². The Morgan fingerprint density at radius 3 is 2.40 bits per heavy atom. The van der Waals surface area contributed by atoms with Crippen LogP contribution < -0.4 is 0 Å². The summed E-state index contributed by atoms with van der Waals surface area (Å²) in [6.45, 7) is 2.15. The SMILES string of the molecule is CCOC(=O)CCCC(=O)OCc1cccc(Cl)c1Cl. The predicted molar refractivity (Wildman–Crippen MR) is 76.7 cm³/mol. The number of hydrogen-bond acceptors (Lipinski definition) is 4. The minimum atomic E-state index is -0.384.